The lowest BCUT2D eigenvalue weighted by atomic mass is 10.2. The Bertz CT molecular complexity index is 1120. The molecule has 0 unspecified atom stereocenters. The summed E-state index contributed by atoms with van der Waals surface area (Å²) in [5, 5.41) is 5.58. The van der Waals surface area contributed by atoms with E-state index in [-0.39, 0.29) is 12.0 Å². The molecule has 142 valence electrons. The molecule has 0 fully saturated rings. The predicted molar refractivity (Wildman–Crippen MR) is 114 cm³/mol. The average Bonchev–Trinajstić information content (AvgIpc) is 3.30. The minimum absolute atomic E-state index is 0.0462. The number of hydrogen-bond acceptors (Lipinski definition) is 4. The molecule has 0 radical (unpaired) electrons. The van der Waals surface area contributed by atoms with Gasteiger partial charge in [0.05, 0.1) is 17.2 Å². The van der Waals surface area contributed by atoms with Crippen LogP contribution in [0.1, 0.15) is 24.2 Å². The number of nitrogens with one attached hydrogen (secondary N) is 1. The summed E-state index contributed by atoms with van der Waals surface area (Å²) in [6, 6.07) is 14.5. The van der Waals surface area contributed by atoms with Crippen LogP contribution in [-0.2, 0) is 0 Å². The summed E-state index contributed by atoms with van der Waals surface area (Å²) >= 11 is 7.50. The average molecular weight is 412 g/mol. The highest BCUT2D eigenvalue weighted by Gasteiger charge is 2.18. The molecule has 0 atom stereocenters. The van der Waals surface area contributed by atoms with Crippen LogP contribution in [0, 0.1) is 0 Å². The number of pyridine rings is 1. The number of rotatable bonds is 5. The van der Waals surface area contributed by atoms with E-state index in [0.29, 0.717) is 22.2 Å². The molecule has 1 aromatic carbocycles. The van der Waals surface area contributed by atoms with Crippen molar-refractivity contribution in [3.05, 3.63) is 70.7 Å². The van der Waals surface area contributed by atoms with Crippen molar-refractivity contribution >= 4 is 40.3 Å². The Labute approximate surface area is 171 Å². The summed E-state index contributed by atoms with van der Waals surface area (Å²) in [6.45, 7) is 3.94. The maximum absolute atomic E-state index is 12.8. The van der Waals surface area contributed by atoms with Crippen LogP contribution in [0.3, 0.4) is 0 Å². The third kappa shape index (κ3) is 3.74. The fraction of sp³-hybridized carbons (Fsp3) is 0.143. The van der Waals surface area contributed by atoms with Crippen molar-refractivity contribution in [1.82, 2.24) is 9.38 Å². The van der Waals surface area contributed by atoms with Gasteiger partial charge in [0, 0.05) is 10.6 Å². The van der Waals surface area contributed by atoms with Gasteiger partial charge < -0.3 is 10.1 Å². The van der Waals surface area contributed by atoms with Gasteiger partial charge in [-0.1, -0.05) is 17.7 Å². The number of fused-ring (bicyclic) bond motifs is 1. The number of benzene rings is 1. The highest BCUT2D eigenvalue weighted by Crippen LogP contribution is 2.33. The lowest BCUT2D eigenvalue weighted by Crippen LogP contribution is -2.14. The van der Waals surface area contributed by atoms with Gasteiger partial charge in [-0.25, -0.2) is 4.98 Å². The number of anilines is 1. The first kappa shape index (κ1) is 18.5. The first-order valence-corrected chi connectivity index (χ1v) is 10.1. The van der Waals surface area contributed by atoms with Crippen molar-refractivity contribution in [2.24, 2.45) is 0 Å². The van der Waals surface area contributed by atoms with E-state index in [2.05, 4.69) is 5.32 Å². The van der Waals surface area contributed by atoms with E-state index in [9.17, 15) is 4.79 Å². The van der Waals surface area contributed by atoms with Crippen LogP contribution in [-0.4, -0.2) is 21.4 Å². The Hall–Kier alpha value is -2.83. The van der Waals surface area contributed by atoms with E-state index in [0.717, 1.165) is 16.2 Å². The Morgan fingerprint density at radius 1 is 1.18 bits per heavy atom. The van der Waals surface area contributed by atoms with Gasteiger partial charge in [-0.2, -0.15) is 0 Å². The van der Waals surface area contributed by atoms with Crippen molar-refractivity contribution in [3.63, 3.8) is 0 Å². The monoisotopic (exact) mass is 411 g/mol. The van der Waals surface area contributed by atoms with Crippen molar-refractivity contribution in [2.75, 3.05) is 5.32 Å². The number of carbonyl (C=O) groups excluding carboxylic acids is 1. The number of imidazole rings is 1. The van der Waals surface area contributed by atoms with Gasteiger partial charge in [0.15, 0.2) is 0 Å². The molecule has 3 aromatic heterocycles. The number of hydrogen-bond donors (Lipinski definition) is 1. The fourth-order valence-corrected chi connectivity index (χ4v) is 3.69. The molecular weight excluding hydrogens is 394 g/mol. The molecule has 0 saturated carbocycles. The molecule has 0 bridgehead atoms. The van der Waals surface area contributed by atoms with Crippen LogP contribution >= 0.6 is 22.9 Å². The molecule has 0 aliphatic heterocycles. The maximum atomic E-state index is 12.8. The second-order valence-corrected chi connectivity index (χ2v) is 7.89. The smallest absolute Gasteiger partial charge is 0.256 e. The van der Waals surface area contributed by atoms with E-state index in [1.54, 1.807) is 35.6 Å². The zero-order chi connectivity index (χ0) is 19.7. The van der Waals surface area contributed by atoms with Crippen molar-refractivity contribution in [2.45, 2.75) is 20.0 Å². The normalized spacial score (nSPS) is 11.1. The summed E-state index contributed by atoms with van der Waals surface area (Å²) in [5.41, 5.74) is 1.97. The molecule has 28 heavy (non-hydrogen) atoms. The summed E-state index contributed by atoms with van der Waals surface area (Å²) < 4.78 is 7.65. The number of thiophene rings is 1. The van der Waals surface area contributed by atoms with E-state index in [4.69, 9.17) is 21.3 Å². The van der Waals surface area contributed by atoms with E-state index >= 15 is 0 Å². The van der Waals surface area contributed by atoms with Crippen LogP contribution < -0.4 is 10.1 Å². The second kappa shape index (κ2) is 7.66. The van der Waals surface area contributed by atoms with Gasteiger partial charge in [0.1, 0.15) is 22.9 Å². The number of nitrogens with zero attached hydrogens (tertiary/aromatic N) is 2. The van der Waals surface area contributed by atoms with Crippen molar-refractivity contribution in [3.8, 4) is 16.3 Å². The summed E-state index contributed by atoms with van der Waals surface area (Å²) in [6.07, 6.45) is 1.89. The minimum Gasteiger partial charge on any atom is -0.489 e. The molecular formula is C21H18ClN3O2S. The molecule has 5 nitrogen and oxygen atoms in total. The summed E-state index contributed by atoms with van der Waals surface area (Å²) in [7, 11) is 0. The molecule has 0 aliphatic rings. The van der Waals surface area contributed by atoms with Gasteiger partial charge in [-0.15, -0.1) is 11.3 Å². The molecule has 1 N–H and O–H groups in total. The fourth-order valence-electron chi connectivity index (χ4n) is 2.85. The van der Waals surface area contributed by atoms with Crippen molar-refractivity contribution < 1.29 is 9.53 Å². The Morgan fingerprint density at radius 2 is 1.96 bits per heavy atom. The third-order valence-corrected chi connectivity index (χ3v) is 5.18. The van der Waals surface area contributed by atoms with Crippen LogP contribution in [0.5, 0.6) is 5.75 Å². The highest BCUT2D eigenvalue weighted by molar-refractivity contribution is 7.13. The highest BCUT2D eigenvalue weighted by atomic mass is 35.5. The molecule has 1 amide bonds. The number of ether oxygens (including phenoxy) is 1. The van der Waals surface area contributed by atoms with Crippen LogP contribution in [0.25, 0.3) is 16.2 Å². The SMILES string of the molecule is CC(C)Oc1ccc2nc(-c3cccs3)c(NC(=O)c3ccc(Cl)cc3)n2c1. The largest absolute Gasteiger partial charge is 0.489 e. The van der Waals surface area contributed by atoms with E-state index < -0.39 is 0 Å². The van der Waals surface area contributed by atoms with Gasteiger partial charge in [-0.3, -0.25) is 9.20 Å². The number of amides is 1. The summed E-state index contributed by atoms with van der Waals surface area (Å²) in [4.78, 5) is 18.5. The van der Waals surface area contributed by atoms with E-state index in [1.165, 1.54) is 0 Å². The van der Waals surface area contributed by atoms with Crippen LogP contribution in [0.15, 0.2) is 60.1 Å². The van der Waals surface area contributed by atoms with Gasteiger partial charge in [0.2, 0.25) is 0 Å². The predicted octanol–water partition coefficient (Wildman–Crippen LogP) is 5.76. The molecule has 7 heteroatoms. The Balaban J connectivity index is 1.79. The lowest BCUT2D eigenvalue weighted by molar-refractivity contribution is 0.102. The third-order valence-electron chi connectivity index (χ3n) is 4.06. The zero-order valence-electron chi connectivity index (χ0n) is 15.3. The second-order valence-electron chi connectivity index (χ2n) is 6.51. The van der Waals surface area contributed by atoms with Gasteiger partial charge in [0.25, 0.3) is 5.91 Å². The molecule has 0 spiro atoms. The van der Waals surface area contributed by atoms with Gasteiger partial charge in [-0.05, 0) is 61.7 Å². The number of carbonyl (C=O) groups is 1. The quantitative estimate of drug-likeness (QED) is 0.454. The first-order chi connectivity index (χ1) is 13.5. The van der Waals surface area contributed by atoms with Crippen LogP contribution in [0.2, 0.25) is 5.02 Å². The zero-order valence-corrected chi connectivity index (χ0v) is 16.9. The molecule has 0 saturated heterocycles. The van der Waals surface area contributed by atoms with Crippen molar-refractivity contribution in [1.29, 1.82) is 0 Å². The lowest BCUT2D eigenvalue weighted by Gasteiger charge is -2.11. The molecule has 4 rings (SSSR count). The Kier molecular flexibility index (Phi) is 5.07. The summed E-state index contributed by atoms with van der Waals surface area (Å²) in [5.74, 6) is 1.08. The molecule has 4 aromatic rings. The van der Waals surface area contributed by atoms with Crippen LogP contribution in [0.4, 0.5) is 5.82 Å². The number of halogens is 1. The standard InChI is InChI=1S/C21H18ClN3O2S/c1-13(2)27-16-9-10-18-23-19(17-4-3-11-28-17)20(25(18)12-16)24-21(26)14-5-7-15(22)8-6-14/h3-13H,1-2H3,(H,24,26). The minimum atomic E-state index is -0.230. The van der Waals surface area contributed by atoms with E-state index in [1.807, 2.05) is 54.1 Å². The molecule has 3 heterocycles. The first-order valence-electron chi connectivity index (χ1n) is 8.81. The Morgan fingerprint density at radius 3 is 2.64 bits per heavy atom. The topological polar surface area (TPSA) is 55.6 Å². The molecule has 0 aliphatic carbocycles. The maximum Gasteiger partial charge on any atom is 0.256 e. The number of aromatic nitrogens is 2. The van der Waals surface area contributed by atoms with Gasteiger partial charge >= 0.3 is 0 Å².